The molecule has 0 saturated carbocycles. The molecule has 9 nitrogen and oxygen atoms in total. The van der Waals surface area contributed by atoms with Gasteiger partial charge in [-0.25, -0.2) is 4.57 Å². The SMILES string of the molecule is CC/C=C/C=C/C=C/CCCCCCCC(=O)OC(COC(=O)CCCCC/C=C/C=C/CCCCCCCCC)COP(=O)(O)OCC[N+](C)(C)C. The minimum absolute atomic E-state index is 0.0203. The standard InChI is InChI=1S/C43H76NO8P/c1-6-8-10-12-14-16-18-20-21-22-24-25-27-29-31-33-35-42(45)49-39-41(40-51-53(47,48)50-38-37-44(3,4)5)52-43(46)36-34-32-30-28-26-23-19-17-15-13-11-9-7-2/h9,11,13,15,17,19,21-22,24-25,41H,6-8,10,12,14,16,18,20,23,26-40H2,1-5H3/p+1/b11-9+,15-13+,19-17+,22-21+,25-24+. The first-order chi connectivity index (χ1) is 25.5. The van der Waals surface area contributed by atoms with Crippen LogP contribution in [-0.2, 0) is 32.7 Å². The number of phosphoric ester groups is 1. The fraction of sp³-hybridized carbons (Fsp3) is 0.721. The van der Waals surface area contributed by atoms with Crippen molar-refractivity contribution in [1.82, 2.24) is 0 Å². The van der Waals surface area contributed by atoms with Crippen LogP contribution in [0.3, 0.4) is 0 Å². The molecule has 2 atom stereocenters. The molecule has 0 rings (SSSR count). The van der Waals surface area contributed by atoms with Gasteiger partial charge in [0.1, 0.15) is 19.8 Å². The Bertz CT molecular complexity index is 1090. The number of hydrogen-bond acceptors (Lipinski definition) is 7. The van der Waals surface area contributed by atoms with Crippen LogP contribution in [0.2, 0.25) is 0 Å². The van der Waals surface area contributed by atoms with E-state index >= 15 is 0 Å². The number of quaternary nitrogens is 1. The van der Waals surface area contributed by atoms with Gasteiger partial charge in [0.2, 0.25) is 0 Å². The van der Waals surface area contributed by atoms with Crippen molar-refractivity contribution in [1.29, 1.82) is 0 Å². The Morgan fingerprint density at radius 3 is 1.62 bits per heavy atom. The Kier molecular flexibility index (Phi) is 33.9. The molecule has 0 amide bonds. The minimum Gasteiger partial charge on any atom is -0.462 e. The van der Waals surface area contributed by atoms with Gasteiger partial charge in [0.25, 0.3) is 0 Å². The van der Waals surface area contributed by atoms with Crippen molar-refractivity contribution in [3.05, 3.63) is 60.8 Å². The lowest BCUT2D eigenvalue weighted by atomic mass is 10.1. The van der Waals surface area contributed by atoms with Crippen LogP contribution in [0.15, 0.2) is 60.8 Å². The van der Waals surface area contributed by atoms with E-state index < -0.39 is 32.5 Å². The van der Waals surface area contributed by atoms with Crippen LogP contribution in [-0.4, -0.2) is 74.9 Å². The fourth-order valence-corrected chi connectivity index (χ4v) is 5.86. The number of esters is 2. The van der Waals surface area contributed by atoms with E-state index in [1.54, 1.807) is 0 Å². The van der Waals surface area contributed by atoms with Gasteiger partial charge in [-0.05, 0) is 57.8 Å². The summed E-state index contributed by atoms with van der Waals surface area (Å²) in [4.78, 5) is 35.2. The molecule has 0 radical (unpaired) electrons. The first kappa shape index (κ1) is 50.7. The van der Waals surface area contributed by atoms with E-state index in [9.17, 15) is 19.0 Å². The Balaban J connectivity index is 4.48. The summed E-state index contributed by atoms with van der Waals surface area (Å²) in [5, 5.41) is 0. The number of phosphoric acid groups is 1. The molecule has 2 unspecified atom stereocenters. The zero-order chi connectivity index (χ0) is 39.3. The van der Waals surface area contributed by atoms with E-state index in [1.165, 1.54) is 44.9 Å². The van der Waals surface area contributed by atoms with Gasteiger partial charge in [-0.15, -0.1) is 0 Å². The number of unbranched alkanes of at least 4 members (excludes halogenated alkanes) is 15. The molecule has 0 aromatic rings. The Hall–Kier alpha value is -2.29. The van der Waals surface area contributed by atoms with Crippen LogP contribution in [0.1, 0.15) is 149 Å². The van der Waals surface area contributed by atoms with Crippen molar-refractivity contribution in [2.75, 3.05) is 47.5 Å². The van der Waals surface area contributed by atoms with Crippen molar-refractivity contribution >= 4 is 19.8 Å². The summed E-state index contributed by atoms with van der Waals surface area (Å²) < 4.78 is 34.2. The maximum Gasteiger partial charge on any atom is 0.472 e. The molecular formula is C43H77NO8P+. The lowest BCUT2D eigenvalue weighted by molar-refractivity contribution is -0.870. The van der Waals surface area contributed by atoms with Crippen LogP contribution < -0.4 is 0 Å². The Morgan fingerprint density at radius 1 is 0.604 bits per heavy atom. The lowest BCUT2D eigenvalue weighted by Gasteiger charge is -2.24. The summed E-state index contributed by atoms with van der Waals surface area (Å²) in [5.74, 6) is -0.860. The normalized spacial score (nSPS) is 14.3. The molecule has 0 aliphatic heterocycles. The van der Waals surface area contributed by atoms with Crippen LogP contribution in [0.25, 0.3) is 0 Å². The van der Waals surface area contributed by atoms with Crippen LogP contribution in [0, 0.1) is 0 Å². The zero-order valence-electron chi connectivity index (χ0n) is 34.2. The second-order valence-electron chi connectivity index (χ2n) is 14.7. The molecular weight excluding hydrogens is 689 g/mol. The van der Waals surface area contributed by atoms with Gasteiger partial charge < -0.3 is 18.9 Å². The summed E-state index contributed by atoms with van der Waals surface area (Å²) in [6.07, 6.45) is 41.3. The summed E-state index contributed by atoms with van der Waals surface area (Å²) >= 11 is 0. The van der Waals surface area contributed by atoms with Crippen molar-refractivity contribution in [2.24, 2.45) is 0 Å². The predicted molar refractivity (Wildman–Crippen MR) is 219 cm³/mol. The molecule has 10 heteroatoms. The number of nitrogens with zero attached hydrogens (tertiary/aromatic N) is 1. The third-order valence-corrected chi connectivity index (χ3v) is 9.35. The molecule has 0 aromatic heterocycles. The number of ether oxygens (including phenoxy) is 2. The largest absolute Gasteiger partial charge is 0.472 e. The van der Waals surface area contributed by atoms with Gasteiger partial charge in [0.15, 0.2) is 6.10 Å². The monoisotopic (exact) mass is 767 g/mol. The molecule has 0 spiro atoms. The first-order valence-corrected chi connectivity index (χ1v) is 22.1. The number of carbonyl (C=O) groups is 2. The van der Waals surface area contributed by atoms with Crippen LogP contribution in [0.5, 0.6) is 0 Å². The highest BCUT2D eigenvalue weighted by molar-refractivity contribution is 7.47. The molecule has 1 N–H and O–H groups in total. The first-order valence-electron chi connectivity index (χ1n) is 20.6. The average molecular weight is 767 g/mol. The topological polar surface area (TPSA) is 108 Å². The number of rotatable bonds is 36. The third-order valence-electron chi connectivity index (χ3n) is 8.37. The number of likely N-dealkylation sites (N-methyl/N-ethyl adjacent to an activating group) is 1. The summed E-state index contributed by atoms with van der Waals surface area (Å²) in [7, 11) is 1.44. The van der Waals surface area contributed by atoms with Crippen molar-refractivity contribution in [3.63, 3.8) is 0 Å². The fourth-order valence-electron chi connectivity index (χ4n) is 5.12. The van der Waals surface area contributed by atoms with Gasteiger partial charge >= 0.3 is 19.8 Å². The maximum absolute atomic E-state index is 12.6. The molecule has 0 saturated heterocycles. The highest BCUT2D eigenvalue weighted by atomic mass is 31.2. The van der Waals surface area contributed by atoms with E-state index in [2.05, 4.69) is 56.4 Å². The van der Waals surface area contributed by atoms with E-state index in [1.807, 2.05) is 39.4 Å². The minimum atomic E-state index is -4.38. The smallest absolute Gasteiger partial charge is 0.462 e. The second-order valence-corrected chi connectivity index (χ2v) is 16.2. The second kappa shape index (κ2) is 35.4. The van der Waals surface area contributed by atoms with Crippen LogP contribution >= 0.6 is 7.82 Å². The maximum atomic E-state index is 12.6. The lowest BCUT2D eigenvalue weighted by Crippen LogP contribution is -2.37. The summed E-state index contributed by atoms with van der Waals surface area (Å²) in [6, 6.07) is 0. The molecule has 53 heavy (non-hydrogen) atoms. The Morgan fingerprint density at radius 2 is 1.08 bits per heavy atom. The quantitative estimate of drug-likeness (QED) is 0.0221. The number of carbonyl (C=O) groups excluding carboxylic acids is 2. The molecule has 0 aliphatic carbocycles. The zero-order valence-corrected chi connectivity index (χ0v) is 35.1. The van der Waals surface area contributed by atoms with Gasteiger partial charge in [-0.3, -0.25) is 18.6 Å². The van der Waals surface area contributed by atoms with Crippen molar-refractivity contribution in [3.8, 4) is 0 Å². The van der Waals surface area contributed by atoms with Crippen LogP contribution in [0.4, 0.5) is 0 Å². The molecule has 0 aromatic carbocycles. The highest BCUT2D eigenvalue weighted by Crippen LogP contribution is 2.43. The van der Waals surface area contributed by atoms with Crippen molar-refractivity contribution < 1.29 is 42.1 Å². The number of hydrogen-bond donors (Lipinski definition) is 1. The number of allylic oxidation sites excluding steroid dienone is 10. The van der Waals surface area contributed by atoms with Gasteiger partial charge in [0.05, 0.1) is 27.7 Å². The predicted octanol–water partition coefficient (Wildman–Crippen LogP) is 11.3. The average Bonchev–Trinajstić information content (AvgIpc) is 3.10. The Labute approximate surface area is 324 Å². The molecule has 0 heterocycles. The highest BCUT2D eigenvalue weighted by Gasteiger charge is 2.27. The van der Waals surface area contributed by atoms with Gasteiger partial charge in [0, 0.05) is 12.8 Å². The third kappa shape index (κ3) is 39.2. The molecule has 0 aliphatic rings. The van der Waals surface area contributed by atoms with E-state index in [0.717, 1.165) is 64.2 Å². The van der Waals surface area contributed by atoms with Gasteiger partial charge in [-0.2, -0.15) is 0 Å². The van der Waals surface area contributed by atoms with Gasteiger partial charge in [-0.1, -0.05) is 139 Å². The molecule has 0 fully saturated rings. The van der Waals surface area contributed by atoms with E-state index in [0.29, 0.717) is 23.9 Å². The molecule has 0 bridgehead atoms. The van der Waals surface area contributed by atoms with E-state index in [4.69, 9.17) is 18.5 Å². The van der Waals surface area contributed by atoms with E-state index in [-0.39, 0.29) is 26.1 Å². The summed E-state index contributed by atoms with van der Waals surface area (Å²) in [5.41, 5.74) is 0. The molecule has 306 valence electrons. The van der Waals surface area contributed by atoms with Crippen molar-refractivity contribution in [2.45, 2.75) is 155 Å². The summed E-state index contributed by atoms with van der Waals surface area (Å²) in [6.45, 7) is 4.20.